The summed E-state index contributed by atoms with van der Waals surface area (Å²) in [5, 5.41) is 2.36. The fourth-order valence-corrected chi connectivity index (χ4v) is 1.08. The van der Waals surface area contributed by atoms with Gasteiger partial charge in [0.05, 0.1) is 6.54 Å². The molecule has 1 rings (SSSR count). The fourth-order valence-electron chi connectivity index (χ4n) is 1.08. The number of amides is 2. The van der Waals surface area contributed by atoms with Crippen LogP contribution in [0.2, 0.25) is 0 Å². The molecule has 0 saturated heterocycles. The van der Waals surface area contributed by atoms with Gasteiger partial charge in [-0.3, -0.25) is 9.59 Å². The van der Waals surface area contributed by atoms with E-state index in [9.17, 15) is 9.59 Å². The number of rotatable bonds is 4. The molecular formula is C12H14N2O2. The van der Waals surface area contributed by atoms with Crippen LogP contribution in [0, 0.1) is 6.92 Å². The van der Waals surface area contributed by atoms with Gasteiger partial charge in [-0.1, -0.05) is 29.8 Å². The monoisotopic (exact) mass is 218 g/mol. The van der Waals surface area contributed by atoms with Crippen molar-refractivity contribution in [1.82, 2.24) is 5.32 Å². The summed E-state index contributed by atoms with van der Waals surface area (Å²) < 4.78 is 0. The summed E-state index contributed by atoms with van der Waals surface area (Å²) >= 11 is 0. The molecule has 0 bridgehead atoms. The number of hydrogen-bond donors (Lipinski definition) is 2. The lowest BCUT2D eigenvalue weighted by Crippen LogP contribution is -2.32. The van der Waals surface area contributed by atoms with Gasteiger partial charge >= 0.3 is 0 Å². The number of nitrogens with one attached hydrogen (secondary N) is 1. The second-order valence-corrected chi connectivity index (χ2v) is 3.43. The van der Waals surface area contributed by atoms with Crippen LogP contribution in [-0.2, 0) is 9.59 Å². The standard InChI is InChI=1S/C12H14N2O2/c1-9-2-4-10(5-3-9)6-7-12(16)14-8-11(13)15/h2-7H,8H2,1H3,(H2,13,15)(H,14,16). The highest BCUT2D eigenvalue weighted by Gasteiger charge is 1.97. The van der Waals surface area contributed by atoms with Crippen LogP contribution in [0.4, 0.5) is 0 Å². The molecule has 0 aromatic heterocycles. The topological polar surface area (TPSA) is 72.2 Å². The van der Waals surface area contributed by atoms with E-state index in [0.717, 1.165) is 11.1 Å². The predicted octanol–water partition coefficient (Wildman–Crippen LogP) is 0.610. The SMILES string of the molecule is Cc1ccc(C=CC(=O)NCC(N)=O)cc1. The van der Waals surface area contributed by atoms with Gasteiger partial charge in [-0.2, -0.15) is 0 Å². The van der Waals surface area contributed by atoms with Crippen molar-refractivity contribution < 1.29 is 9.59 Å². The van der Waals surface area contributed by atoms with Crippen LogP contribution in [0.5, 0.6) is 0 Å². The van der Waals surface area contributed by atoms with Gasteiger partial charge in [0.25, 0.3) is 0 Å². The molecule has 4 nitrogen and oxygen atoms in total. The van der Waals surface area contributed by atoms with E-state index in [0.29, 0.717) is 0 Å². The number of primary amides is 1. The molecule has 0 aliphatic carbocycles. The third kappa shape index (κ3) is 4.41. The summed E-state index contributed by atoms with van der Waals surface area (Å²) in [6.45, 7) is 1.85. The Balaban J connectivity index is 2.50. The second kappa shape index (κ2) is 5.70. The number of aryl methyl sites for hydroxylation is 1. The van der Waals surface area contributed by atoms with Gasteiger partial charge in [-0.05, 0) is 18.6 Å². The molecule has 0 aliphatic heterocycles. The highest BCUT2D eigenvalue weighted by atomic mass is 16.2. The van der Waals surface area contributed by atoms with Crippen LogP contribution in [-0.4, -0.2) is 18.4 Å². The minimum absolute atomic E-state index is 0.142. The van der Waals surface area contributed by atoms with Crippen LogP contribution in [0.25, 0.3) is 6.08 Å². The van der Waals surface area contributed by atoms with Crippen LogP contribution in [0.1, 0.15) is 11.1 Å². The first kappa shape index (κ1) is 12.0. The predicted molar refractivity (Wildman–Crippen MR) is 62.4 cm³/mol. The van der Waals surface area contributed by atoms with E-state index in [1.807, 2.05) is 31.2 Å². The minimum Gasteiger partial charge on any atom is -0.368 e. The van der Waals surface area contributed by atoms with Gasteiger partial charge < -0.3 is 11.1 Å². The van der Waals surface area contributed by atoms with E-state index in [2.05, 4.69) is 5.32 Å². The number of benzene rings is 1. The van der Waals surface area contributed by atoms with Crippen LogP contribution in [0.15, 0.2) is 30.3 Å². The van der Waals surface area contributed by atoms with Crippen LogP contribution < -0.4 is 11.1 Å². The van der Waals surface area contributed by atoms with Crippen molar-refractivity contribution in [2.45, 2.75) is 6.92 Å². The Kier molecular flexibility index (Phi) is 4.27. The van der Waals surface area contributed by atoms with E-state index in [4.69, 9.17) is 5.73 Å². The Morgan fingerprint density at radius 3 is 2.50 bits per heavy atom. The lowest BCUT2D eigenvalue weighted by Gasteiger charge is -1.97. The molecule has 0 radical (unpaired) electrons. The number of nitrogens with two attached hydrogens (primary N) is 1. The summed E-state index contributed by atoms with van der Waals surface area (Å²) in [7, 11) is 0. The van der Waals surface area contributed by atoms with E-state index >= 15 is 0 Å². The third-order valence-electron chi connectivity index (χ3n) is 1.94. The van der Waals surface area contributed by atoms with Crippen molar-refractivity contribution in [3.63, 3.8) is 0 Å². The molecule has 3 N–H and O–H groups in total. The van der Waals surface area contributed by atoms with Gasteiger partial charge in [0, 0.05) is 6.08 Å². The molecule has 0 heterocycles. The van der Waals surface area contributed by atoms with E-state index in [1.54, 1.807) is 6.08 Å². The van der Waals surface area contributed by atoms with Gasteiger partial charge in [0.2, 0.25) is 11.8 Å². The quantitative estimate of drug-likeness (QED) is 0.727. The fraction of sp³-hybridized carbons (Fsp3) is 0.167. The van der Waals surface area contributed by atoms with Gasteiger partial charge in [-0.15, -0.1) is 0 Å². The van der Waals surface area contributed by atoms with Crippen LogP contribution in [0.3, 0.4) is 0 Å². The molecule has 1 aromatic carbocycles. The molecule has 0 spiro atoms. The third-order valence-corrected chi connectivity index (χ3v) is 1.94. The van der Waals surface area contributed by atoms with E-state index < -0.39 is 5.91 Å². The van der Waals surface area contributed by atoms with E-state index in [-0.39, 0.29) is 12.5 Å². The van der Waals surface area contributed by atoms with Crippen molar-refractivity contribution in [3.8, 4) is 0 Å². The summed E-state index contributed by atoms with van der Waals surface area (Å²) in [6.07, 6.45) is 3.05. The largest absolute Gasteiger partial charge is 0.368 e. The highest BCUT2D eigenvalue weighted by Crippen LogP contribution is 2.04. The lowest BCUT2D eigenvalue weighted by atomic mass is 10.1. The molecule has 0 unspecified atom stereocenters. The Hall–Kier alpha value is -2.10. The molecule has 4 heteroatoms. The van der Waals surface area contributed by atoms with Crippen molar-refractivity contribution in [3.05, 3.63) is 41.5 Å². The zero-order chi connectivity index (χ0) is 12.0. The Morgan fingerprint density at radius 2 is 1.94 bits per heavy atom. The first-order chi connectivity index (χ1) is 7.58. The molecule has 1 aromatic rings. The highest BCUT2D eigenvalue weighted by molar-refractivity contribution is 5.94. The first-order valence-electron chi connectivity index (χ1n) is 4.89. The summed E-state index contributed by atoms with van der Waals surface area (Å²) in [5.74, 6) is -0.892. The Bertz CT molecular complexity index is 408. The minimum atomic E-state index is -0.558. The molecule has 16 heavy (non-hydrogen) atoms. The average molecular weight is 218 g/mol. The maximum absolute atomic E-state index is 11.2. The summed E-state index contributed by atoms with van der Waals surface area (Å²) in [5.41, 5.74) is 6.98. The zero-order valence-corrected chi connectivity index (χ0v) is 9.07. The molecule has 84 valence electrons. The Labute approximate surface area is 94.1 Å². The van der Waals surface area contributed by atoms with Crippen LogP contribution >= 0.6 is 0 Å². The number of carbonyl (C=O) groups is 2. The molecule has 0 fully saturated rings. The first-order valence-corrected chi connectivity index (χ1v) is 4.89. The molecule has 0 saturated carbocycles. The van der Waals surface area contributed by atoms with E-state index in [1.165, 1.54) is 6.08 Å². The van der Waals surface area contributed by atoms with Crippen molar-refractivity contribution in [2.75, 3.05) is 6.54 Å². The summed E-state index contributed by atoms with van der Waals surface area (Å²) in [4.78, 5) is 21.6. The smallest absolute Gasteiger partial charge is 0.244 e. The Morgan fingerprint density at radius 1 is 1.31 bits per heavy atom. The van der Waals surface area contributed by atoms with Crippen molar-refractivity contribution in [2.24, 2.45) is 5.73 Å². The molecule has 0 atom stereocenters. The zero-order valence-electron chi connectivity index (χ0n) is 9.07. The lowest BCUT2D eigenvalue weighted by molar-refractivity contribution is -0.122. The van der Waals surface area contributed by atoms with Gasteiger partial charge in [0.1, 0.15) is 0 Å². The summed E-state index contributed by atoms with van der Waals surface area (Å²) in [6, 6.07) is 7.74. The normalized spacial score (nSPS) is 10.3. The molecule has 0 aliphatic rings. The number of carbonyl (C=O) groups excluding carboxylic acids is 2. The number of hydrogen-bond acceptors (Lipinski definition) is 2. The molecule has 2 amide bonds. The van der Waals surface area contributed by atoms with Crippen molar-refractivity contribution >= 4 is 17.9 Å². The average Bonchev–Trinajstić information content (AvgIpc) is 2.25. The maximum Gasteiger partial charge on any atom is 0.244 e. The molecular weight excluding hydrogens is 204 g/mol. The maximum atomic E-state index is 11.2. The van der Waals surface area contributed by atoms with Gasteiger partial charge in [0.15, 0.2) is 0 Å². The van der Waals surface area contributed by atoms with Crippen molar-refractivity contribution in [1.29, 1.82) is 0 Å². The second-order valence-electron chi connectivity index (χ2n) is 3.43. The van der Waals surface area contributed by atoms with Gasteiger partial charge in [-0.25, -0.2) is 0 Å².